The molecular weight excluding hydrogens is 637 g/mol. The Morgan fingerprint density at radius 1 is 0.633 bits per heavy atom. The molecule has 0 saturated carbocycles. The molecule has 2 atom stereocenters. The lowest BCUT2D eigenvalue weighted by Gasteiger charge is -2.20. The number of esters is 1. The lowest BCUT2D eigenvalue weighted by molar-refractivity contribution is -0.154. The molecule has 0 saturated heterocycles. The molecule has 0 aliphatic rings. The van der Waals surface area contributed by atoms with Gasteiger partial charge in [-0.15, -0.1) is 0 Å². The molecule has 0 amide bonds. The quantitative estimate of drug-likeness (QED) is 0.0283. The summed E-state index contributed by atoms with van der Waals surface area (Å²) in [5.41, 5.74) is 5.35. The Hall–Kier alpha value is -1.54. The van der Waals surface area contributed by atoms with Crippen LogP contribution in [0, 0.1) is 0 Å². The van der Waals surface area contributed by atoms with E-state index >= 15 is 0 Å². The van der Waals surface area contributed by atoms with Gasteiger partial charge in [-0.3, -0.25) is 13.8 Å². The highest BCUT2D eigenvalue weighted by Gasteiger charge is 2.25. The third kappa shape index (κ3) is 37.5. The van der Waals surface area contributed by atoms with Crippen molar-refractivity contribution in [2.75, 3.05) is 33.0 Å². The van der Waals surface area contributed by atoms with Crippen LogP contribution in [0.1, 0.15) is 162 Å². The Bertz CT molecular complexity index is 890. The van der Waals surface area contributed by atoms with Gasteiger partial charge in [0.15, 0.2) is 0 Å². The van der Waals surface area contributed by atoms with Crippen molar-refractivity contribution in [3.63, 3.8) is 0 Å². The van der Waals surface area contributed by atoms with Gasteiger partial charge in [-0.05, 0) is 70.6 Å². The zero-order valence-corrected chi connectivity index (χ0v) is 32.3. The molecule has 3 N–H and O–H groups in total. The maximum Gasteiger partial charge on any atom is 0.472 e. The van der Waals surface area contributed by atoms with Gasteiger partial charge >= 0.3 is 13.8 Å². The van der Waals surface area contributed by atoms with Crippen molar-refractivity contribution in [3.8, 4) is 0 Å². The third-order valence-corrected chi connectivity index (χ3v) is 8.96. The average molecular weight is 712 g/mol. The van der Waals surface area contributed by atoms with E-state index in [2.05, 4.69) is 62.5 Å². The molecule has 0 radical (unpaired) electrons. The summed E-state index contributed by atoms with van der Waals surface area (Å²) in [6.45, 7) is 4.75. The van der Waals surface area contributed by atoms with Crippen molar-refractivity contribution in [3.05, 3.63) is 48.6 Å². The van der Waals surface area contributed by atoms with Crippen LogP contribution in [-0.2, 0) is 27.9 Å². The Morgan fingerprint density at radius 2 is 1.14 bits per heavy atom. The minimum Gasteiger partial charge on any atom is -0.457 e. The van der Waals surface area contributed by atoms with Gasteiger partial charge in [-0.1, -0.05) is 133 Å². The summed E-state index contributed by atoms with van der Waals surface area (Å²) in [6, 6.07) is 0. The largest absolute Gasteiger partial charge is 0.472 e. The number of allylic oxidation sites excluding steroid dienone is 8. The first kappa shape index (κ1) is 47.5. The first-order valence-electron chi connectivity index (χ1n) is 19.6. The fraction of sp³-hybridized carbons (Fsp3) is 0.775. The highest BCUT2D eigenvalue weighted by atomic mass is 31.2. The first-order valence-corrected chi connectivity index (χ1v) is 21.1. The van der Waals surface area contributed by atoms with Crippen molar-refractivity contribution in [1.82, 2.24) is 0 Å². The zero-order valence-electron chi connectivity index (χ0n) is 31.4. The van der Waals surface area contributed by atoms with Crippen molar-refractivity contribution in [2.45, 2.75) is 168 Å². The van der Waals surface area contributed by atoms with Crippen LogP contribution in [0.5, 0.6) is 0 Å². The van der Waals surface area contributed by atoms with Crippen LogP contribution in [0.25, 0.3) is 0 Å². The third-order valence-electron chi connectivity index (χ3n) is 7.98. The number of rotatable bonds is 37. The van der Waals surface area contributed by atoms with Crippen LogP contribution in [0.2, 0.25) is 0 Å². The van der Waals surface area contributed by atoms with Gasteiger partial charge in [0.25, 0.3) is 0 Å². The normalized spacial score (nSPS) is 14.1. The second kappa shape index (κ2) is 37.7. The number of unbranched alkanes of at least 4 members (excludes halogenated alkanes) is 16. The van der Waals surface area contributed by atoms with Gasteiger partial charge in [0, 0.05) is 19.6 Å². The molecule has 0 aromatic rings. The number of carbonyl (C=O) groups is 1. The van der Waals surface area contributed by atoms with Crippen molar-refractivity contribution in [1.29, 1.82) is 0 Å². The summed E-state index contributed by atoms with van der Waals surface area (Å²) in [5.74, 6) is -0.351. The number of carbonyl (C=O) groups excluding carboxylic acids is 1. The summed E-state index contributed by atoms with van der Waals surface area (Å²) in [5, 5.41) is 0. The SMILES string of the molecule is CC/C=C\C/C=C\C/C=C\CCCCCCCC(=O)OC(COCCCCCCCC/C=C\CCCCCCC)COP(=O)(O)OCCN. The summed E-state index contributed by atoms with van der Waals surface area (Å²) < 4.78 is 33.3. The molecule has 9 heteroatoms. The molecule has 0 heterocycles. The molecule has 286 valence electrons. The van der Waals surface area contributed by atoms with Gasteiger partial charge < -0.3 is 20.1 Å². The first-order chi connectivity index (χ1) is 23.9. The smallest absolute Gasteiger partial charge is 0.457 e. The van der Waals surface area contributed by atoms with Crippen LogP contribution in [-0.4, -0.2) is 49.9 Å². The number of hydrogen-bond acceptors (Lipinski definition) is 7. The minimum absolute atomic E-state index is 0.0947. The molecule has 0 aliphatic carbocycles. The molecule has 0 spiro atoms. The number of ether oxygens (including phenoxy) is 2. The average Bonchev–Trinajstić information content (AvgIpc) is 3.09. The summed E-state index contributed by atoms with van der Waals surface area (Å²) in [6.07, 6.45) is 42.6. The van der Waals surface area contributed by atoms with Crippen LogP contribution in [0.4, 0.5) is 0 Å². The highest BCUT2D eigenvalue weighted by Crippen LogP contribution is 2.43. The van der Waals surface area contributed by atoms with Gasteiger partial charge in [0.1, 0.15) is 6.10 Å². The highest BCUT2D eigenvalue weighted by molar-refractivity contribution is 7.47. The van der Waals surface area contributed by atoms with E-state index in [9.17, 15) is 14.3 Å². The van der Waals surface area contributed by atoms with Crippen molar-refractivity contribution < 1.29 is 32.8 Å². The summed E-state index contributed by atoms with van der Waals surface area (Å²) in [4.78, 5) is 22.4. The maximum atomic E-state index is 12.5. The summed E-state index contributed by atoms with van der Waals surface area (Å²) >= 11 is 0. The van der Waals surface area contributed by atoms with E-state index in [1.807, 2.05) is 0 Å². The van der Waals surface area contributed by atoms with E-state index in [-0.39, 0.29) is 32.3 Å². The molecule has 0 aromatic carbocycles. The van der Waals surface area contributed by atoms with E-state index in [0.717, 1.165) is 70.6 Å². The van der Waals surface area contributed by atoms with Crippen molar-refractivity contribution in [2.24, 2.45) is 5.73 Å². The van der Waals surface area contributed by atoms with Gasteiger partial charge in [0.2, 0.25) is 0 Å². The zero-order chi connectivity index (χ0) is 35.9. The molecule has 0 bridgehead atoms. The Morgan fingerprint density at radius 3 is 1.73 bits per heavy atom. The number of nitrogens with two attached hydrogens (primary N) is 1. The Labute approximate surface area is 301 Å². The lowest BCUT2D eigenvalue weighted by atomic mass is 10.1. The number of phosphoric ester groups is 1. The van der Waals surface area contributed by atoms with E-state index in [0.29, 0.717) is 13.0 Å². The molecule has 0 fully saturated rings. The van der Waals surface area contributed by atoms with Crippen LogP contribution >= 0.6 is 7.82 Å². The van der Waals surface area contributed by atoms with E-state index in [4.69, 9.17) is 24.3 Å². The topological polar surface area (TPSA) is 117 Å². The number of hydrogen-bond donors (Lipinski definition) is 2. The molecular formula is C40H74NO7P. The minimum atomic E-state index is -4.28. The fourth-order valence-electron chi connectivity index (χ4n) is 5.12. The second-order valence-corrected chi connectivity index (χ2v) is 14.2. The molecule has 0 aromatic heterocycles. The Balaban J connectivity index is 4.12. The summed E-state index contributed by atoms with van der Waals surface area (Å²) in [7, 11) is -4.28. The van der Waals surface area contributed by atoms with Crippen LogP contribution in [0.3, 0.4) is 0 Å². The van der Waals surface area contributed by atoms with Gasteiger partial charge in [0.05, 0.1) is 19.8 Å². The molecule has 2 unspecified atom stereocenters. The molecule has 49 heavy (non-hydrogen) atoms. The standard InChI is InChI=1S/C40H74NO7P/c1-3-5-7-9-11-13-15-17-19-21-23-25-27-29-31-33-40(42)48-39(38-47-49(43,44)46-36-34-41)37-45-35-32-30-28-26-24-22-20-18-16-14-12-10-8-6-4-2/h5,7,11,13,16-19,39H,3-4,6,8-10,12,14-15,20-38,41H2,1-2H3,(H,43,44)/b7-5-,13-11-,18-16-,19-17-. The second-order valence-electron chi connectivity index (χ2n) is 12.8. The predicted molar refractivity (Wildman–Crippen MR) is 206 cm³/mol. The van der Waals surface area contributed by atoms with Crippen LogP contribution < -0.4 is 5.73 Å². The van der Waals surface area contributed by atoms with Gasteiger partial charge in [-0.2, -0.15) is 0 Å². The van der Waals surface area contributed by atoms with E-state index < -0.39 is 13.9 Å². The number of phosphoric acid groups is 1. The van der Waals surface area contributed by atoms with Gasteiger partial charge in [-0.25, -0.2) is 4.57 Å². The van der Waals surface area contributed by atoms with Crippen molar-refractivity contribution >= 4 is 13.8 Å². The monoisotopic (exact) mass is 712 g/mol. The predicted octanol–water partition coefficient (Wildman–Crippen LogP) is 11.2. The maximum absolute atomic E-state index is 12.5. The molecule has 0 rings (SSSR count). The van der Waals surface area contributed by atoms with Crippen LogP contribution in [0.15, 0.2) is 48.6 Å². The fourth-order valence-corrected chi connectivity index (χ4v) is 5.89. The molecule has 8 nitrogen and oxygen atoms in total. The van der Waals surface area contributed by atoms with E-state index in [1.165, 1.54) is 70.6 Å². The lowest BCUT2D eigenvalue weighted by Crippen LogP contribution is -2.28. The molecule has 0 aliphatic heterocycles. The van der Waals surface area contributed by atoms with E-state index in [1.54, 1.807) is 0 Å². The Kier molecular flexibility index (Phi) is 36.5.